The lowest BCUT2D eigenvalue weighted by molar-refractivity contribution is -0.136. The third-order valence-electron chi connectivity index (χ3n) is 5.61. The summed E-state index contributed by atoms with van der Waals surface area (Å²) in [6.45, 7) is 2.77. The highest BCUT2D eigenvalue weighted by Gasteiger charge is 2.29. The van der Waals surface area contributed by atoms with E-state index in [0.717, 1.165) is 20.4 Å². The number of para-hydroxylation sites is 1. The second kappa shape index (κ2) is 10.2. The van der Waals surface area contributed by atoms with Gasteiger partial charge in [0.15, 0.2) is 11.6 Å². The van der Waals surface area contributed by atoms with Crippen molar-refractivity contribution in [3.8, 4) is 17.1 Å². The average Bonchev–Trinajstić information content (AvgIpc) is 3.38. The van der Waals surface area contributed by atoms with E-state index in [2.05, 4.69) is 15.2 Å². The fourth-order valence-corrected chi connectivity index (χ4v) is 4.00. The number of nitrogens with zero attached hydrogens (tertiary/aromatic N) is 6. The second-order valence-electron chi connectivity index (χ2n) is 8.28. The van der Waals surface area contributed by atoms with Gasteiger partial charge in [0, 0.05) is 17.1 Å². The fourth-order valence-electron chi connectivity index (χ4n) is 3.87. The minimum Gasteiger partial charge on any atom is -0.463 e. The highest BCUT2D eigenvalue weighted by molar-refractivity contribution is 6.30. The van der Waals surface area contributed by atoms with E-state index in [1.807, 2.05) is 32.0 Å². The van der Waals surface area contributed by atoms with Gasteiger partial charge >= 0.3 is 17.8 Å². The van der Waals surface area contributed by atoms with Crippen LogP contribution in [0.1, 0.15) is 34.0 Å². The van der Waals surface area contributed by atoms with Crippen LogP contribution in [0, 0.1) is 13.8 Å². The Bertz CT molecular complexity index is 1490. The number of ether oxygens (including phenoxy) is 1. The molecule has 0 N–H and O–H groups in total. The van der Waals surface area contributed by atoms with Crippen molar-refractivity contribution in [2.24, 2.45) is 0 Å². The van der Waals surface area contributed by atoms with E-state index in [9.17, 15) is 22.8 Å². The first-order chi connectivity index (χ1) is 17.5. The molecule has 0 aliphatic heterocycles. The molecule has 13 heteroatoms. The third-order valence-corrected chi connectivity index (χ3v) is 5.86. The number of methoxy groups -OCH3 is 1. The molecule has 0 fully saturated rings. The number of hydrogen-bond acceptors (Lipinski definition) is 6. The van der Waals surface area contributed by atoms with Gasteiger partial charge in [-0.3, -0.25) is 4.57 Å². The molecule has 0 unspecified atom stereocenters. The van der Waals surface area contributed by atoms with E-state index >= 15 is 0 Å². The average molecular weight is 535 g/mol. The molecular formula is C24H22ClF3N6O3. The molecule has 0 aliphatic rings. The summed E-state index contributed by atoms with van der Waals surface area (Å²) in [5.74, 6) is -0.773. The van der Waals surface area contributed by atoms with Gasteiger partial charge in [0.1, 0.15) is 6.54 Å². The normalized spacial score (nSPS) is 11.6. The Morgan fingerprint density at radius 1 is 1.05 bits per heavy atom. The molecule has 0 amide bonds. The van der Waals surface area contributed by atoms with E-state index < -0.39 is 30.8 Å². The van der Waals surface area contributed by atoms with E-state index in [-0.39, 0.29) is 24.0 Å². The van der Waals surface area contributed by atoms with E-state index in [0.29, 0.717) is 16.3 Å². The van der Waals surface area contributed by atoms with Gasteiger partial charge in [-0.25, -0.2) is 23.9 Å². The number of hydrogen-bond donors (Lipinski definition) is 0. The van der Waals surface area contributed by atoms with Crippen LogP contribution in [0.3, 0.4) is 0 Å². The number of aryl methyl sites for hydroxylation is 2. The maximum atomic E-state index is 13.1. The van der Waals surface area contributed by atoms with Crippen molar-refractivity contribution in [3.63, 3.8) is 0 Å². The number of carbonyl (C=O) groups is 1. The van der Waals surface area contributed by atoms with Gasteiger partial charge in [-0.15, -0.1) is 10.2 Å². The molecule has 2 aromatic carbocycles. The maximum absolute atomic E-state index is 13.1. The molecule has 2 aromatic heterocycles. The van der Waals surface area contributed by atoms with Crippen LogP contribution in [-0.4, -0.2) is 48.4 Å². The molecule has 194 valence electrons. The monoisotopic (exact) mass is 534 g/mol. The van der Waals surface area contributed by atoms with E-state index in [1.165, 1.54) is 11.8 Å². The minimum absolute atomic E-state index is 0.0355. The Kier molecular flexibility index (Phi) is 7.21. The molecule has 0 saturated carbocycles. The molecule has 2 heterocycles. The summed E-state index contributed by atoms with van der Waals surface area (Å²) in [4.78, 5) is 29.8. The zero-order valence-electron chi connectivity index (χ0n) is 20.1. The van der Waals surface area contributed by atoms with Crippen LogP contribution in [-0.2, 0) is 17.8 Å². The van der Waals surface area contributed by atoms with Gasteiger partial charge < -0.3 is 4.74 Å². The Hall–Kier alpha value is -3.93. The third kappa shape index (κ3) is 5.58. The predicted molar refractivity (Wildman–Crippen MR) is 129 cm³/mol. The number of esters is 1. The van der Waals surface area contributed by atoms with Crippen molar-refractivity contribution in [1.82, 2.24) is 29.1 Å². The van der Waals surface area contributed by atoms with Crippen LogP contribution in [0.25, 0.3) is 17.1 Å². The lowest BCUT2D eigenvalue weighted by Crippen LogP contribution is -2.27. The molecule has 0 atom stereocenters. The van der Waals surface area contributed by atoms with Crippen molar-refractivity contribution in [3.05, 3.63) is 80.7 Å². The van der Waals surface area contributed by atoms with Crippen molar-refractivity contribution in [2.45, 2.75) is 39.5 Å². The molecule has 0 radical (unpaired) electrons. The van der Waals surface area contributed by atoms with Crippen LogP contribution in [0.4, 0.5) is 13.2 Å². The van der Waals surface area contributed by atoms with Crippen molar-refractivity contribution in [1.29, 1.82) is 0 Å². The summed E-state index contributed by atoms with van der Waals surface area (Å²) in [5.41, 5.74) is 1.89. The molecule has 9 nitrogen and oxygen atoms in total. The summed E-state index contributed by atoms with van der Waals surface area (Å²) in [6.07, 6.45) is -5.69. The number of benzene rings is 2. The zero-order valence-corrected chi connectivity index (χ0v) is 20.8. The molecule has 0 aliphatic carbocycles. The summed E-state index contributed by atoms with van der Waals surface area (Å²) in [5, 5.41) is 9.10. The molecule has 4 rings (SSSR count). The van der Waals surface area contributed by atoms with Crippen molar-refractivity contribution < 1.29 is 22.7 Å². The first-order valence-electron chi connectivity index (χ1n) is 11.1. The van der Waals surface area contributed by atoms with Crippen LogP contribution in [0.2, 0.25) is 5.02 Å². The summed E-state index contributed by atoms with van der Waals surface area (Å²) in [7, 11) is 1.21. The summed E-state index contributed by atoms with van der Waals surface area (Å²) in [6, 6.07) is 11.8. The van der Waals surface area contributed by atoms with Crippen molar-refractivity contribution in [2.75, 3.05) is 7.11 Å². The van der Waals surface area contributed by atoms with Gasteiger partial charge in [-0.2, -0.15) is 13.2 Å². The smallest absolute Gasteiger partial charge is 0.390 e. The highest BCUT2D eigenvalue weighted by Crippen LogP contribution is 2.24. The van der Waals surface area contributed by atoms with Gasteiger partial charge in [0.2, 0.25) is 5.82 Å². The largest absolute Gasteiger partial charge is 0.463 e. The Balaban J connectivity index is 1.79. The number of aromatic nitrogens is 6. The Labute approximate surface area is 214 Å². The van der Waals surface area contributed by atoms with Gasteiger partial charge in [-0.1, -0.05) is 29.8 Å². The van der Waals surface area contributed by atoms with Gasteiger partial charge in [0.05, 0.1) is 19.2 Å². The lowest BCUT2D eigenvalue weighted by atomic mass is 10.1. The first kappa shape index (κ1) is 26.1. The Morgan fingerprint density at radius 2 is 1.70 bits per heavy atom. The highest BCUT2D eigenvalue weighted by atomic mass is 35.5. The topological polar surface area (TPSA) is 96.8 Å². The molecular weight excluding hydrogens is 513 g/mol. The molecule has 4 aromatic rings. The Morgan fingerprint density at radius 3 is 2.30 bits per heavy atom. The van der Waals surface area contributed by atoms with Crippen LogP contribution >= 0.6 is 11.6 Å². The number of alkyl halides is 3. The van der Waals surface area contributed by atoms with Crippen LogP contribution in [0.5, 0.6) is 0 Å². The maximum Gasteiger partial charge on any atom is 0.390 e. The SMILES string of the molecule is COC(=O)c1nc(Cn2nc(-c3ccc(Cl)cc3)n(CCC(F)(F)F)c2=O)nn1-c1c(C)cccc1C. The molecule has 0 saturated heterocycles. The van der Waals surface area contributed by atoms with Crippen molar-refractivity contribution >= 4 is 17.6 Å². The predicted octanol–water partition coefficient (Wildman–Crippen LogP) is 4.35. The molecule has 37 heavy (non-hydrogen) atoms. The van der Waals surface area contributed by atoms with Crippen LogP contribution in [0.15, 0.2) is 47.3 Å². The summed E-state index contributed by atoms with van der Waals surface area (Å²) < 4.78 is 47.0. The molecule has 0 bridgehead atoms. The number of carbonyl (C=O) groups excluding carboxylic acids is 1. The zero-order chi connectivity index (χ0) is 26.9. The minimum atomic E-state index is -4.47. The van der Waals surface area contributed by atoms with Gasteiger partial charge in [0.25, 0.3) is 0 Å². The van der Waals surface area contributed by atoms with Crippen LogP contribution < -0.4 is 5.69 Å². The second-order valence-corrected chi connectivity index (χ2v) is 8.72. The number of halogens is 4. The van der Waals surface area contributed by atoms with E-state index in [4.69, 9.17) is 16.3 Å². The quantitative estimate of drug-likeness (QED) is 0.327. The van der Waals surface area contributed by atoms with E-state index in [1.54, 1.807) is 24.3 Å². The molecule has 0 spiro atoms. The fraction of sp³-hybridized carbons (Fsp3) is 0.292. The standard InChI is InChI=1S/C24H22ClF3N6O3/c1-14-5-4-6-15(2)19(14)34-21(22(35)37-3)29-18(30-34)13-33-23(36)32(12-11-24(26,27)28)20(31-33)16-7-9-17(25)10-8-16/h4-10H,11-13H2,1-3H3. The number of rotatable bonds is 7. The lowest BCUT2D eigenvalue weighted by Gasteiger charge is -2.10. The summed E-state index contributed by atoms with van der Waals surface area (Å²) >= 11 is 5.93. The van der Waals surface area contributed by atoms with Gasteiger partial charge in [-0.05, 0) is 49.2 Å². The first-order valence-corrected chi connectivity index (χ1v) is 11.5.